The standard InChI is InChI=1S/C14H21F3N2O/c1-10(2)18-7-13-11(5-6-20-13)8-19(12-3-4-12)9-14(15,16)17/h5-6,10,12,18H,3-4,7-9H2,1-2H3. The van der Waals surface area contributed by atoms with Crippen LogP contribution in [0.1, 0.15) is 38.0 Å². The fraction of sp³-hybridized carbons (Fsp3) is 0.714. The molecule has 114 valence electrons. The lowest BCUT2D eigenvalue weighted by atomic mass is 10.2. The van der Waals surface area contributed by atoms with E-state index in [4.69, 9.17) is 4.42 Å². The molecule has 0 atom stereocenters. The Balaban J connectivity index is 1.98. The van der Waals surface area contributed by atoms with E-state index in [1.165, 1.54) is 4.90 Å². The highest BCUT2D eigenvalue weighted by Crippen LogP contribution is 2.32. The Bertz CT molecular complexity index is 424. The Morgan fingerprint density at radius 3 is 2.65 bits per heavy atom. The number of halogens is 3. The third-order valence-electron chi connectivity index (χ3n) is 3.33. The molecule has 1 aromatic heterocycles. The highest BCUT2D eigenvalue weighted by atomic mass is 19.4. The monoisotopic (exact) mass is 290 g/mol. The minimum atomic E-state index is -4.15. The summed E-state index contributed by atoms with van der Waals surface area (Å²) in [5.41, 5.74) is 0.842. The van der Waals surface area contributed by atoms with Gasteiger partial charge in [0, 0.05) is 24.2 Å². The molecule has 0 radical (unpaired) electrons. The minimum Gasteiger partial charge on any atom is -0.468 e. The highest BCUT2D eigenvalue weighted by molar-refractivity contribution is 5.17. The molecule has 1 saturated carbocycles. The fourth-order valence-electron chi connectivity index (χ4n) is 2.16. The molecule has 1 heterocycles. The SMILES string of the molecule is CC(C)NCc1occc1CN(CC(F)(F)F)C1CC1. The Kier molecular flexibility index (Phi) is 4.75. The van der Waals surface area contributed by atoms with Gasteiger partial charge in [-0.1, -0.05) is 13.8 Å². The van der Waals surface area contributed by atoms with Crippen molar-refractivity contribution in [2.24, 2.45) is 0 Å². The molecule has 1 N–H and O–H groups in total. The van der Waals surface area contributed by atoms with Crippen LogP contribution in [0.15, 0.2) is 16.7 Å². The van der Waals surface area contributed by atoms with Crippen molar-refractivity contribution in [1.82, 2.24) is 10.2 Å². The van der Waals surface area contributed by atoms with E-state index < -0.39 is 12.7 Å². The zero-order chi connectivity index (χ0) is 14.8. The predicted octanol–water partition coefficient (Wildman–Crippen LogP) is 3.30. The van der Waals surface area contributed by atoms with Gasteiger partial charge in [0.25, 0.3) is 0 Å². The second-order valence-electron chi connectivity index (χ2n) is 5.66. The molecule has 0 saturated heterocycles. The van der Waals surface area contributed by atoms with Crippen molar-refractivity contribution < 1.29 is 17.6 Å². The van der Waals surface area contributed by atoms with E-state index in [-0.39, 0.29) is 6.04 Å². The van der Waals surface area contributed by atoms with Gasteiger partial charge in [0.1, 0.15) is 5.76 Å². The van der Waals surface area contributed by atoms with Gasteiger partial charge in [-0.2, -0.15) is 13.2 Å². The van der Waals surface area contributed by atoms with Crippen LogP contribution >= 0.6 is 0 Å². The van der Waals surface area contributed by atoms with Gasteiger partial charge < -0.3 is 9.73 Å². The summed E-state index contributed by atoms with van der Waals surface area (Å²) in [5.74, 6) is 0.728. The molecular formula is C14H21F3N2O. The first-order chi connectivity index (χ1) is 9.35. The van der Waals surface area contributed by atoms with E-state index in [0.29, 0.717) is 19.1 Å². The van der Waals surface area contributed by atoms with Crippen molar-refractivity contribution in [2.45, 2.75) is 58.0 Å². The first-order valence-corrected chi connectivity index (χ1v) is 6.94. The summed E-state index contributed by atoms with van der Waals surface area (Å²) in [7, 11) is 0. The van der Waals surface area contributed by atoms with E-state index in [0.717, 1.165) is 24.2 Å². The van der Waals surface area contributed by atoms with Gasteiger partial charge in [-0.3, -0.25) is 4.90 Å². The molecule has 0 bridgehead atoms. The second-order valence-corrected chi connectivity index (χ2v) is 5.66. The van der Waals surface area contributed by atoms with Crippen LogP contribution in [0, 0.1) is 0 Å². The van der Waals surface area contributed by atoms with Crippen molar-refractivity contribution in [2.75, 3.05) is 6.54 Å². The molecule has 0 aliphatic heterocycles. The number of nitrogens with one attached hydrogen (secondary N) is 1. The second kappa shape index (κ2) is 6.18. The molecule has 1 aromatic rings. The van der Waals surface area contributed by atoms with Crippen molar-refractivity contribution in [3.8, 4) is 0 Å². The largest absolute Gasteiger partial charge is 0.468 e. The van der Waals surface area contributed by atoms with E-state index in [1.54, 1.807) is 12.3 Å². The molecule has 0 spiro atoms. The quantitative estimate of drug-likeness (QED) is 0.835. The number of hydrogen-bond acceptors (Lipinski definition) is 3. The Morgan fingerprint density at radius 2 is 2.10 bits per heavy atom. The normalized spacial score (nSPS) is 16.4. The van der Waals surface area contributed by atoms with Crippen LogP contribution in [0.3, 0.4) is 0 Å². The van der Waals surface area contributed by atoms with Gasteiger partial charge in [-0.25, -0.2) is 0 Å². The molecule has 2 rings (SSSR count). The number of hydrogen-bond donors (Lipinski definition) is 1. The lowest BCUT2D eigenvalue weighted by Crippen LogP contribution is -2.35. The van der Waals surface area contributed by atoms with Crippen LogP contribution in [-0.4, -0.2) is 29.7 Å². The van der Waals surface area contributed by atoms with Crippen molar-refractivity contribution >= 4 is 0 Å². The zero-order valence-corrected chi connectivity index (χ0v) is 11.8. The maximum atomic E-state index is 12.6. The van der Waals surface area contributed by atoms with Gasteiger partial charge in [-0.05, 0) is 18.9 Å². The van der Waals surface area contributed by atoms with Gasteiger partial charge >= 0.3 is 6.18 Å². The van der Waals surface area contributed by atoms with E-state index in [9.17, 15) is 13.2 Å². The van der Waals surface area contributed by atoms with E-state index in [1.807, 2.05) is 13.8 Å². The van der Waals surface area contributed by atoms with Crippen molar-refractivity contribution in [3.05, 3.63) is 23.7 Å². The van der Waals surface area contributed by atoms with Gasteiger partial charge in [0.2, 0.25) is 0 Å². The zero-order valence-electron chi connectivity index (χ0n) is 11.8. The van der Waals surface area contributed by atoms with Crippen molar-refractivity contribution in [1.29, 1.82) is 0 Å². The van der Waals surface area contributed by atoms with Gasteiger partial charge in [0.15, 0.2) is 0 Å². The van der Waals surface area contributed by atoms with Crippen LogP contribution < -0.4 is 5.32 Å². The predicted molar refractivity (Wildman–Crippen MR) is 70.2 cm³/mol. The summed E-state index contributed by atoms with van der Waals surface area (Å²) >= 11 is 0. The summed E-state index contributed by atoms with van der Waals surface area (Å²) < 4.78 is 43.2. The van der Waals surface area contributed by atoms with Crippen LogP contribution in [0.25, 0.3) is 0 Å². The van der Waals surface area contributed by atoms with Gasteiger partial charge in [0.05, 0.1) is 19.4 Å². The summed E-state index contributed by atoms with van der Waals surface area (Å²) in [6.45, 7) is 4.03. The highest BCUT2D eigenvalue weighted by Gasteiger charge is 2.38. The van der Waals surface area contributed by atoms with Crippen LogP contribution in [0.5, 0.6) is 0 Å². The average molecular weight is 290 g/mol. The maximum Gasteiger partial charge on any atom is 0.401 e. The van der Waals surface area contributed by atoms with E-state index in [2.05, 4.69) is 5.32 Å². The molecule has 1 fully saturated rings. The molecule has 20 heavy (non-hydrogen) atoms. The Hall–Kier alpha value is -1.01. The summed E-state index contributed by atoms with van der Waals surface area (Å²) in [5, 5.41) is 3.22. The molecule has 1 aliphatic carbocycles. The molecule has 3 nitrogen and oxygen atoms in total. The Labute approximate surface area is 117 Å². The summed E-state index contributed by atoms with van der Waals surface area (Å²) in [4.78, 5) is 1.50. The summed E-state index contributed by atoms with van der Waals surface area (Å²) in [6, 6.07) is 2.14. The molecule has 0 unspecified atom stereocenters. The lowest BCUT2D eigenvalue weighted by Gasteiger charge is -2.23. The lowest BCUT2D eigenvalue weighted by molar-refractivity contribution is -0.148. The molecule has 0 amide bonds. The van der Waals surface area contributed by atoms with E-state index >= 15 is 0 Å². The van der Waals surface area contributed by atoms with Crippen LogP contribution in [0.2, 0.25) is 0 Å². The molecule has 1 aliphatic rings. The molecule has 0 aromatic carbocycles. The summed E-state index contributed by atoms with van der Waals surface area (Å²) in [6.07, 6.45) is -0.894. The first kappa shape index (κ1) is 15.4. The average Bonchev–Trinajstić information content (AvgIpc) is 3.06. The number of furan rings is 1. The fourth-order valence-corrected chi connectivity index (χ4v) is 2.16. The minimum absolute atomic E-state index is 0.0671. The Morgan fingerprint density at radius 1 is 1.40 bits per heavy atom. The molecular weight excluding hydrogens is 269 g/mol. The topological polar surface area (TPSA) is 28.4 Å². The van der Waals surface area contributed by atoms with Crippen LogP contribution in [-0.2, 0) is 13.1 Å². The first-order valence-electron chi connectivity index (χ1n) is 6.94. The number of nitrogens with zero attached hydrogens (tertiary/aromatic N) is 1. The van der Waals surface area contributed by atoms with Crippen LogP contribution in [0.4, 0.5) is 13.2 Å². The smallest absolute Gasteiger partial charge is 0.401 e. The van der Waals surface area contributed by atoms with Gasteiger partial charge in [-0.15, -0.1) is 0 Å². The third kappa shape index (κ3) is 4.83. The number of alkyl halides is 3. The molecule has 6 heteroatoms. The van der Waals surface area contributed by atoms with Crippen molar-refractivity contribution in [3.63, 3.8) is 0 Å². The maximum absolute atomic E-state index is 12.6. The third-order valence-corrected chi connectivity index (χ3v) is 3.33. The number of rotatable bonds is 7.